The Balaban J connectivity index is 1.36. The van der Waals surface area contributed by atoms with Gasteiger partial charge in [-0.1, -0.05) is 60.7 Å². The molecule has 2 N–H and O–H groups in total. The number of fused-ring (bicyclic) bond motifs is 1. The molecule has 5 rings (SSSR count). The molecule has 0 unspecified atom stereocenters. The third kappa shape index (κ3) is 3.09. The van der Waals surface area contributed by atoms with Crippen molar-refractivity contribution in [2.24, 2.45) is 5.73 Å². The number of nitrogens with zero attached hydrogens (tertiary/aromatic N) is 1. The Kier molecular flexibility index (Phi) is 4.43. The number of rotatable bonds is 4. The smallest absolute Gasteiger partial charge is 0.248 e. The van der Waals surface area contributed by atoms with E-state index >= 15 is 0 Å². The number of nitrogens with two attached hydrogens (primary N) is 1. The summed E-state index contributed by atoms with van der Waals surface area (Å²) in [6, 6.07) is 22.1. The Labute approximate surface area is 176 Å². The van der Waals surface area contributed by atoms with E-state index in [0.29, 0.717) is 12.1 Å². The monoisotopic (exact) mass is 396 g/mol. The van der Waals surface area contributed by atoms with Crippen molar-refractivity contribution in [1.29, 1.82) is 0 Å². The summed E-state index contributed by atoms with van der Waals surface area (Å²) < 4.78 is 0. The van der Waals surface area contributed by atoms with Crippen LogP contribution in [0.1, 0.15) is 40.7 Å². The number of hydrogen-bond donors (Lipinski definition) is 1. The summed E-state index contributed by atoms with van der Waals surface area (Å²) in [6.45, 7) is 1.37. The van der Waals surface area contributed by atoms with Gasteiger partial charge in [-0.25, -0.2) is 0 Å². The summed E-state index contributed by atoms with van der Waals surface area (Å²) in [5.41, 5.74) is 8.95. The Bertz CT molecular complexity index is 1170. The summed E-state index contributed by atoms with van der Waals surface area (Å²) >= 11 is 0. The van der Waals surface area contributed by atoms with E-state index in [0.717, 1.165) is 31.4 Å². The fourth-order valence-corrected chi connectivity index (χ4v) is 4.61. The molecule has 0 radical (unpaired) electrons. The van der Waals surface area contributed by atoms with E-state index in [-0.39, 0.29) is 5.91 Å². The van der Waals surface area contributed by atoms with Gasteiger partial charge in [0, 0.05) is 18.7 Å². The molecule has 0 aromatic heterocycles. The minimum Gasteiger partial charge on any atom is -0.366 e. The Hall–Kier alpha value is -3.40. The first kappa shape index (κ1) is 18.6. The number of primary amides is 1. The first-order valence-corrected chi connectivity index (χ1v) is 10.5. The summed E-state index contributed by atoms with van der Waals surface area (Å²) in [4.78, 5) is 26.7. The Morgan fingerprint density at radius 1 is 0.900 bits per heavy atom. The maximum atomic E-state index is 13.4. The van der Waals surface area contributed by atoms with E-state index in [1.165, 1.54) is 21.9 Å². The third-order valence-electron chi connectivity index (χ3n) is 6.51. The summed E-state index contributed by atoms with van der Waals surface area (Å²) in [6.07, 6.45) is 4.78. The van der Waals surface area contributed by atoms with Crippen molar-refractivity contribution in [3.8, 4) is 0 Å². The summed E-state index contributed by atoms with van der Waals surface area (Å²) in [7, 11) is 0. The second-order valence-electron chi connectivity index (χ2n) is 8.28. The normalized spacial score (nSPS) is 17.5. The molecule has 0 spiro atoms. The highest BCUT2D eigenvalue weighted by Crippen LogP contribution is 2.50. The van der Waals surface area contributed by atoms with Gasteiger partial charge in [0.25, 0.3) is 0 Å². The first-order valence-electron chi connectivity index (χ1n) is 10.5. The molecule has 2 aliphatic rings. The molecule has 4 nitrogen and oxygen atoms in total. The molecule has 1 heterocycles. The molecule has 4 heteroatoms. The van der Waals surface area contributed by atoms with Crippen molar-refractivity contribution in [1.82, 2.24) is 4.90 Å². The first-order chi connectivity index (χ1) is 14.6. The van der Waals surface area contributed by atoms with Gasteiger partial charge in [0.2, 0.25) is 11.8 Å². The van der Waals surface area contributed by atoms with Gasteiger partial charge in [-0.05, 0) is 58.9 Å². The van der Waals surface area contributed by atoms with Crippen molar-refractivity contribution in [2.75, 3.05) is 13.1 Å². The Morgan fingerprint density at radius 3 is 2.30 bits per heavy atom. The predicted molar refractivity (Wildman–Crippen MR) is 119 cm³/mol. The molecule has 150 valence electrons. The number of amides is 2. The van der Waals surface area contributed by atoms with E-state index in [9.17, 15) is 9.59 Å². The molecule has 0 bridgehead atoms. The molecule has 1 aliphatic carbocycles. The lowest BCUT2D eigenvalue weighted by Crippen LogP contribution is -2.41. The van der Waals surface area contributed by atoms with Gasteiger partial charge in [-0.15, -0.1) is 0 Å². The van der Waals surface area contributed by atoms with Gasteiger partial charge in [0.1, 0.15) is 0 Å². The van der Waals surface area contributed by atoms with E-state index in [1.54, 1.807) is 12.1 Å². The molecule has 0 atom stereocenters. The topological polar surface area (TPSA) is 63.4 Å². The fourth-order valence-electron chi connectivity index (χ4n) is 4.61. The summed E-state index contributed by atoms with van der Waals surface area (Å²) in [5.74, 6) is -0.248. The molecule has 0 saturated heterocycles. The van der Waals surface area contributed by atoms with E-state index in [1.807, 2.05) is 17.0 Å². The second-order valence-corrected chi connectivity index (χ2v) is 8.28. The number of carbonyl (C=O) groups is 2. The zero-order valence-electron chi connectivity index (χ0n) is 16.8. The van der Waals surface area contributed by atoms with Crippen LogP contribution in [0.5, 0.6) is 0 Å². The molecule has 3 aromatic rings. The van der Waals surface area contributed by atoms with E-state index < -0.39 is 11.3 Å². The second kappa shape index (κ2) is 7.13. The zero-order chi connectivity index (χ0) is 20.7. The van der Waals surface area contributed by atoms with Crippen LogP contribution in [-0.2, 0) is 10.2 Å². The highest BCUT2D eigenvalue weighted by molar-refractivity contribution is 5.96. The van der Waals surface area contributed by atoms with Gasteiger partial charge >= 0.3 is 0 Å². The van der Waals surface area contributed by atoms with Crippen LogP contribution in [0.3, 0.4) is 0 Å². The molecule has 2 amide bonds. The number of hydrogen-bond acceptors (Lipinski definition) is 2. The molecular weight excluding hydrogens is 372 g/mol. The molecule has 30 heavy (non-hydrogen) atoms. The lowest BCUT2D eigenvalue weighted by atomic mass is 9.91. The van der Waals surface area contributed by atoms with Gasteiger partial charge < -0.3 is 10.6 Å². The average Bonchev–Trinajstić information content (AvgIpc) is 3.60. The van der Waals surface area contributed by atoms with Gasteiger partial charge in [0.05, 0.1) is 5.41 Å². The molecule has 1 fully saturated rings. The maximum Gasteiger partial charge on any atom is 0.248 e. The SMILES string of the molecule is NC(=O)c1ccc(C2(C(=O)N3CC=C(c4cccc5ccccc45)CC3)CC2)cc1. The van der Waals surface area contributed by atoms with Crippen molar-refractivity contribution < 1.29 is 9.59 Å². The molecule has 1 aliphatic heterocycles. The van der Waals surface area contributed by atoms with Crippen LogP contribution in [0.15, 0.2) is 72.8 Å². The highest BCUT2D eigenvalue weighted by atomic mass is 16.2. The van der Waals surface area contributed by atoms with Crippen LogP contribution in [0, 0.1) is 0 Å². The van der Waals surface area contributed by atoms with Crippen LogP contribution in [0.4, 0.5) is 0 Å². The summed E-state index contributed by atoms with van der Waals surface area (Å²) in [5, 5.41) is 2.50. The number of benzene rings is 3. The number of carbonyl (C=O) groups excluding carboxylic acids is 2. The van der Waals surface area contributed by atoms with E-state index in [4.69, 9.17) is 5.73 Å². The highest BCUT2D eigenvalue weighted by Gasteiger charge is 2.53. The van der Waals surface area contributed by atoms with Gasteiger partial charge in [0.15, 0.2) is 0 Å². The third-order valence-corrected chi connectivity index (χ3v) is 6.51. The molecule has 1 saturated carbocycles. The van der Waals surface area contributed by atoms with Crippen molar-refractivity contribution >= 4 is 28.2 Å². The van der Waals surface area contributed by atoms with Gasteiger partial charge in [-0.3, -0.25) is 9.59 Å². The zero-order valence-corrected chi connectivity index (χ0v) is 16.8. The Morgan fingerprint density at radius 2 is 1.63 bits per heavy atom. The van der Waals surface area contributed by atoms with E-state index in [2.05, 4.69) is 48.5 Å². The average molecular weight is 396 g/mol. The lowest BCUT2D eigenvalue weighted by molar-refractivity contribution is -0.133. The molecular formula is C26H24N2O2. The van der Waals surface area contributed by atoms with Crippen molar-refractivity contribution in [3.63, 3.8) is 0 Å². The van der Waals surface area contributed by atoms with Crippen LogP contribution in [0.2, 0.25) is 0 Å². The minimum atomic E-state index is -0.445. The lowest BCUT2D eigenvalue weighted by Gasteiger charge is -2.31. The van der Waals surface area contributed by atoms with Crippen LogP contribution in [0.25, 0.3) is 16.3 Å². The quantitative estimate of drug-likeness (QED) is 0.715. The minimum absolute atomic E-state index is 0.197. The predicted octanol–water partition coefficient (Wildman–Crippen LogP) is 4.29. The van der Waals surface area contributed by atoms with Crippen LogP contribution >= 0.6 is 0 Å². The standard InChI is InChI=1S/C26H24N2O2/c27-24(29)20-8-10-21(11-9-20)26(14-15-26)25(30)28-16-12-19(13-17-28)23-7-3-5-18-4-1-2-6-22(18)23/h1-12H,13-17H2,(H2,27,29). The van der Waals surface area contributed by atoms with Crippen molar-refractivity contribution in [2.45, 2.75) is 24.7 Å². The fraction of sp³-hybridized carbons (Fsp3) is 0.231. The molecule has 3 aromatic carbocycles. The largest absolute Gasteiger partial charge is 0.366 e. The van der Waals surface area contributed by atoms with Crippen LogP contribution in [-0.4, -0.2) is 29.8 Å². The maximum absolute atomic E-state index is 13.4. The van der Waals surface area contributed by atoms with Gasteiger partial charge in [-0.2, -0.15) is 0 Å². The van der Waals surface area contributed by atoms with Crippen molar-refractivity contribution in [3.05, 3.63) is 89.5 Å². The van der Waals surface area contributed by atoms with Crippen LogP contribution < -0.4 is 5.73 Å².